The molecular weight excluding hydrogens is 495 g/mol. The third-order valence-corrected chi connectivity index (χ3v) is 6.50. The number of rotatable bonds is 11. The van der Waals surface area contributed by atoms with Crippen LogP contribution in [-0.2, 0) is 22.6 Å². The van der Waals surface area contributed by atoms with E-state index in [2.05, 4.69) is 5.32 Å². The van der Waals surface area contributed by atoms with Crippen LogP contribution < -0.4 is 10.1 Å². The van der Waals surface area contributed by atoms with Crippen molar-refractivity contribution in [2.24, 2.45) is 5.92 Å². The highest BCUT2D eigenvalue weighted by Crippen LogP contribution is 2.27. The van der Waals surface area contributed by atoms with Crippen LogP contribution in [0.5, 0.6) is 5.75 Å². The van der Waals surface area contributed by atoms with Crippen LogP contribution in [0.25, 0.3) is 0 Å². The molecule has 1 unspecified atom stereocenters. The summed E-state index contributed by atoms with van der Waals surface area (Å²) in [4.78, 5) is 28.7. The van der Waals surface area contributed by atoms with Crippen LogP contribution in [0.2, 0.25) is 10.0 Å². The SMILES string of the molecule is Cc1ccccc1OCC(=O)N(Cc1c(Cl)cccc1Cl)C(Cc1ccccc1)C(=O)NCC(C)C. The molecule has 3 rings (SSSR count). The molecule has 3 aromatic carbocycles. The number of carbonyl (C=O) groups excluding carboxylic acids is 2. The largest absolute Gasteiger partial charge is 0.484 e. The van der Waals surface area contributed by atoms with Gasteiger partial charge in [-0.15, -0.1) is 0 Å². The molecule has 1 N–H and O–H groups in total. The number of hydrogen-bond donors (Lipinski definition) is 1. The van der Waals surface area contributed by atoms with Crippen molar-refractivity contribution in [3.63, 3.8) is 0 Å². The second-order valence-corrected chi connectivity index (χ2v) is 9.93. The topological polar surface area (TPSA) is 58.6 Å². The van der Waals surface area contributed by atoms with Crippen LogP contribution in [0.1, 0.15) is 30.5 Å². The summed E-state index contributed by atoms with van der Waals surface area (Å²) in [7, 11) is 0. The number of para-hydroxylation sites is 1. The van der Waals surface area contributed by atoms with Gasteiger partial charge in [-0.1, -0.05) is 91.6 Å². The highest BCUT2D eigenvalue weighted by Gasteiger charge is 2.31. The van der Waals surface area contributed by atoms with Gasteiger partial charge in [0.1, 0.15) is 11.8 Å². The van der Waals surface area contributed by atoms with Gasteiger partial charge in [0.05, 0.1) is 0 Å². The van der Waals surface area contributed by atoms with Crippen molar-refractivity contribution in [1.29, 1.82) is 0 Å². The predicted octanol–water partition coefficient (Wildman–Crippen LogP) is 6.09. The molecule has 0 aromatic heterocycles. The van der Waals surface area contributed by atoms with Crippen LogP contribution in [-0.4, -0.2) is 35.9 Å². The minimum absolute atomic E-state index is 0.0705. The molecule has 0 bridgehead atoms. The Labute approximate surface area is 223 Å². The van der Waals surface area contributed by atoms with Crippen LogP contribution in [0.3, 0.4) is 0 Å². The molecule has 0 aliphatic rings. The first-order chi connectivity index (χ1) is 17.3. The molecule has 5 nitrogen and oxygen atoms in total. The van der Waals surface area contributed by atoms with Gasteiger partial charge in [0.2, 0.25) is 5.91 Å². The van der Waals surface area contributed by atoms with E-state index >= 15 is 0 Å². The van der Waals surface area contributed by atoms with E-state index in [4.69, 9.17) is 27.9 Å². The number of nitrogens with zero attached hydrogens (tertiary/aromatic N) is 1. The molecular formula is C29H32Cl2N2O3. The maximum absolute atomic E-state index is 13.7. The first kappa shape index (κ1) is 27.6. The Morgan fingerprint density at radius 3 is 2.19 bits per heavy atom. The van der Waals surface area contributed by atoms with Gasteiger partial charge in [0.15, 0.2) is 6.61 Å². The summed E-state index contributed by atoms with van der Waals surface area (Å²) in [6, 6.07) is 21.5. The quantitative estimate of drug-likeness (QED) is 0.328. The molecule has 0 aliphatic heterocycles. The van der Waals surface area contributed by atoms with Gasteiger partial charge in [-0.25, -0.2) is 0 Å². The molecule has 2 amide bonds. The summed E-state index contributed by atoms with van der Waals surface area (Å²) in [6.45, 7) is 6.30. The van der Waals surface area contributed by atoms with Gasteiger partial charge in [0.25, 0.3) is 5.91 Å². The van der Waals surface area contributed by atoms with Crippen molar-refractivity contribution in [2.75, 3.05) is 13.2 Å². The average Bonchev–Trinajstić information content (AvgIpc) is 2.86. The summed E-state index contributed by atoms with van der Waals surface area (Å²) in [5.74, 6) is 0.304. The average molecular weight is 527 g/mol. The smallest absolute Gasteiger partial charge is 0.261 e. The Morgan fingerprint density at radius 2 is 1.56 bits per heavy atom. The van der Waals surface area contributed by atoms with E-state index in [-0.39, 0.29) is 30.9 Å². The molecule has 0 aliphatic carbocycles. The maximum Gasteiger partial charge on any atom is 0.261 e. The molecule has 0 fully saturated rings. The van der Waals surface area contributed by atoms with Gasteiger partial charge < -0.3 is 15.0 Å². The monoisotopic (exact) mass is 526 g/mol. The lowest BCUT2D eigenvalue weighted by Gasteiger charge is -2.32. The molecule has 190 valence electrons. The van der Waals surface area contributed by atoms with Crippen molar-refractivity contribution in [1.82, 2.24) is 10.2 Å². The fourth-order valence-electron chi connectivity index (χ4n) is 3.77. The van der Waals surface area contributed by atoms with E-state index in [1.54, 1.807) is 18.2 Å². The Hall–Kier alpha value is -3.02. The number of halogens is 2. The van der Waals surface area contributed by atoms with E-state index in [0.717, 1.165) is 11.1 Å². The molecule has 1 atom stereocenters. The highest BCUT2D eigenvalue weighted by atomic mass is 35.5. The fraction of sp³-hybridized carbons (Fsp3) is 0.310. The third kappa shape index (κ3) is 7.74. The van der Waals surface area contributed by atoms with Crippen LogP contribution in [0.15, 0.2) is 72.8 Å². The molecule has 7 heteroatoms. The number of hydrogen-bond acceptors (Lipinski definition) is 3. The fourth-order valence-corrected chi connectivity index (χ4v) is 4.29. The molecule has 0 spiro atoms. The van der Waals surface area contributed by atoms with Crippen molar-refractivity contribution in [2.45, 2.75) is 39.8 Å². The zero-order chi connectivity index (χ0) is 26.1. The Bertz CT molecular complexity index is 1150. The van der Waals surface area contributed by atoms with Gasteiger partial charge in [-0.2, -0.15) is 0 Å². The first-order valence-electron chi connectivity index (χ1n) is 12.0. The van der Waals surface area contributed by atoms with Crippen molar-refractivity contribution < 1.29 is 14.3 Å². The Morgan fingerprint density at radius 1 is 0.917 bits per heavy atom. The second kappa shape index (κ2) is 13.3. The standard InChI is InChI=1S/C29H32Cl2N2O3/c1-20(2)17-32-29(35)26(16-22-11-5-4-6-12-22)33(18-23-24(30)13-9-14-25(23)31)28(34)19-36-27-15-8-7-10-21(27)3/h4-15,20,26H,16-19H2,1-3H3,(H,32,35). The number of ether oxygens (including phenoxy) is 1. The highest BCUT2D eigenvalue weighted by molar-refractivity contribution is 6.36. The Balaban J connectivity index is 1.96. The molecule has 0 saturated heterocycles. The summed E-state index contributed by atoms with van der Waals surface area (Å²) < 4.78 is 5.87. The van der Waals surface area contributed by atoms with Crippen LogP contribution in [0.4, 0.5) is 0 Å². The lowest BCUT2D eigenvalue weighted by Crippen LogP contribution is -2.52. The van der Waals surface area contributed by atoms with Crippen molar-refractivity contribution >= 4 is 35.0 Å². The van der Waals surface area contributed by atoms with Gasteiger partial charge in [-0.3, -0.25) is 9.59 Å². The third-order valence-electron chi connectivity index (χ3n) is 5.79. The van der Waals surface area contributed by atoms with E-state index in [1.807, 2.05) is 75.4 Å². The molecule has 0 heterocycles. The predicted molar refractivity (Wildman–Crippen MR) is 145 cm³/mol. The zero-order valence-electron chi connectivity index (χ0n) is 20.8. The molecule has 3 aromatic rings. The minimum Gasteiger partial charge on any atom is -0.484 e. The number of benzene rings is 3. The zero-order valence-corrected chi connectivity index (χ0v) is 22.4. The molecule has 0 saturated carbocycles. The lowest BCUT2D eigenvalue weighted by molar-refractivity contribution is -0.142. The number of aryl methyl sites for hydroxylation is 1. The van der Waals surface area contributed by atoms with E-state index in [1.165, 1.54) is 4.90 Å². The maximum atomic E-state index is 13.7. The first-order valence-corrected chi connectivity index (χ1v) is 12.7. The van der Waals surface area contributed by atoms with Crippen molar-refractivity contribution in [3.8, 4) is 5.75 Å². The van der Waals surface area contributed by atoms with Gasteiger partial charge in [-0.05, 0) is 42.2 Å². The normalized spacial score (nSPS) is 11.7. The number of nitrogens with one attached hydrogen (secondary N) is 1. The summed E-state index contributed by atoms with van der Waals surface area (Å²) in [6.07, 6.45) is 0.336. The molecule has 36 heavy (non-hydrogen) atoms. The van der Waals surface area contributed by atoms with Crippen LogP contribution in [0, 0.1) is 12.8 Å². The van der Waals surface area contributed by atoms with Gasteiger partial charge in [0, 0.05) is 35.1 Å². The summed E-state index contributed by atoms with van der Waals surface area (Å²) in [5, 5.41) is 3.86. The lowest BCUT2D eigenvalue weighted by atomic mass is 10.0. The number of amides is 2. The minimum atomic E-state index is -0.786. The van der Waals surface area contributed by atoms with Gasteiger partial charge >= 0.3 is 0 Å². The van der Waals surface area contributed by atoms with Crippen LogP contribution >= 0.6 is 23.2 Å². The Kier molecular flexibility index (Phi) is 10.2. The van der Waals surface area contributed by atoms with E-state index in [0.29, 0.717) is 34.3 Å². The second-order valence-electron chi connectivity index (χ2n) is 9.12. The summed E-state index contributed by atoms with van der Waals surface area (Å²) in [5.41, 5.74) is 2.44. The summed E-state index contributed by atoms with van der Waals surface area (Å²) >= 11 is 12.9. The van der Waals surface area contributed by atoms with E-state index < -0.39 is 6.04 Å². The van der Waals surface area contributed by atoms with E-state index in [9.17, 15) is 9.59 Å². The number of carbonyl (C=O) groups is 2. The molecule has 0 radical (unpaired) electrons. The van der Waals surface area contributed by atoms with Crippen molar-refractivity contribution in [3.05, 3.63) is 99.5 Å².